The van der Waals surface area contributed by atoms with Crippen molar-refractivity contribution >= 4 is 57.5 Å². The molecule has 7 nitrogen and oxygen atoms in total. The number of carbonyl (C=O) groups is 3. The van der Waals surface area contributed by atoms with Gasteiger partial charge in [0.05, 0.1) is 15.6 Å². The molecule has 0 unspecified atom stereocenters. The Morgan fingerprint density at radius 2 is 1.49 bits per heavy atom. The standard InChI is InChI=1S/C30H26Cl2F4N4O3/c1-16(2)27(41)37-13-17-3-6-22(31)21(9-17)28(42)39-20-5-8-25-19(11-20)12-26(40(25)15-30(34,35)36)29(43)38-14-18-4-7-23(32)24(33)10-18/h3-12,16H,13-15H2,1-2H3,(H,37,41)(H,38,43)(H,39,42). The summed E-state index contributed by atoms with van der Waals surface area (Å²) >= 11 is 11.9. The van der Waals surface area contributed by atoms with Crippen molar-refractivity contribution in [2.24, 2.45) is 5.92 Å². The fourth-order valence-electron chi connectivity index (χ4n) is 4.26. The molecule has 3 aromatic carbocycles. The number of benzene rings is 3. The molecule has 4 aromatic rings. The Bertz CT molecular complexity index is 1700. The van der Waals surface area contributed by atoms with Crippen LogP contribution in [0.4, 0.5) is 23.2 Å². The molecule has 43 heavy (non-hydrogen) atoms. The van der Waals surface area contributed by atoms with E-state index in [0.717, 1.165) is 10.6 Å². The van der Waals surface area contributed by atoms with Crippen molar-refractivity contribution in [3.63, 3.8) is 0 Å². The summed E-state index contributed by atoms with van der Waals surface area (Å²) in [5.74, 6) is -2.45. The van der Waals surface area contributed by atoms with Gasteiger partial charge in [0.15, 0.2) is 0 Å². The Balaban J connectivity index is 1.57. The highest BCUT2D eigenvalue weighted by atomic mass is 35.5. The summed E-state index contributed by atoms with van der Waals surface area (Å²) in [6, 6.07) is 14.1. The third-order valence-corrected chi connectivity index (χ3v) is 7.07. The Morgan fingerprint density at radius 1 is 0.837 bits per heavy atom. The van der Waals surface area contributed by atoms with Crippen LogP contribution in [-0.4, -0.2) is 28.5 Å². The number of halogens is 6. The van der Waals surface area contributed by atoms with Crippen LogP contribution in [0.2, 0.25) is 10.0 Å². The van der Waals surface area contributed by atoms with E-state index in [0.29, 0.717) is 11.1 Å². The van der Waals surface area contributed by atoms with Crippen molar-refractivity contribution in [3.8, 4) is 0 Å². The predicted octanol–water partition coefficient (Wildman–Crippen LogP) is 7.10. The lowest BCUT2D eigenvalue weighted by molar-refractivity contribution is -0.140. The summed E-state index contributed by atoms with van der Waals surface area (Å²) in [5.41, 5.74) is 1.22. The number of amides is 3. The normalized spacial score (nSPS) is 11.6. The summed E-state index contributed by atoms with van der Waals surface area (Å²) in [6.07, 6.45) is -4.64. The fourth-order valence-corrected chi connectivity index (χ4v) is 4.58. The number of anilines is 1. The molecule has 226 valence electrons. The Labute approximate surface area is 254 Å². The number of hydrogen-bond donors (Lipinski definition) is 3. The minimum Gasteiger partial charge on any atom is -0.352 e. The molecule has 0 saturated heterocycles. The summed E-state index contributed by atoms with van der Waals surface area (Å²) in [6.45, 7) is 2.11. The van der Waals surface area contributed by atoms with Crippen molar-refractivity contribution in [1.82, 2.24) is 15.2 Å². The first-order chi connectivity index (χ1) is 20.2. The summed E-state index contributed by atoms with van der Waals surface area (Å²) in [7, 11) is 0. The molecule has 0 aliphatic carbocycles. The van der Waals surface area contributed by atoms with Gasteiger partial charge in [0.1, 0.15) is 18.1 Å². The second-order valence-corrected chi connectivity index (χ2v) is 10.9. The lowest BCUT2D eigenvalue weighted by atomic mass is 10.1. The molecular formula is C30H26Cl2F4N4O3. The molecule has 0 radical (unpaired) electrons. The number of alkyl halides is 3. The molecule has 0 aliphatic heterocycles. The number of nitrogens with zero attached hydrogens (tertiary/aromatic N) is 1. The van der Waals surface area contributed by atoms with E-state index in [1.807, 2.05) is 0 Å². The van der Waals surface area contributed by atoms with Gasteiger partial charge in [-0.05, 0) is 59.7 Å². The van der Waals surface area contributed by atoms with Gasteiger partial charge >= 0.3 is 6.18 Å². The SMILES string of the molecule is CC(C)C(=O)NCc1ccc(Cl)c(C(=O)Nc2ccc3c(c2)cc(C(=O)NCc2ccc(Cl)c(F)c2)n3CC(F)(F)F)c1. The lowest BCUT2D eigenvalue weighted by Crippen LogP contribution is -2.28. The van der Waals surface area contributed by atoms with Gasteiger partial charge in [0.2, 0.25) is 5.91 Å². The van der Waals surface area contributed by atoms with Crippen LogP contribution in [0.25, 0.3) is 10.9 Å². The Hall–Kier alpha value is -4.09. The van der Waals surface area contributed by atoms with Gasteiger partial charge in [0.25, 0.3) is 11.8 Å². The summed E-state index contributed by atoms with van der Waals surface area (Å²) < 4.78 is 55.0. The van der Waals surface area contributed by atoms with Gasteiger partial charge in [-0.1, -0.05) is 49.2 Å². The van der Waals surface area contributed by atoms with Crippen LogP contribution in [-0.2, 0) is 24.4 Å². The summed E-state index contributed by atoms with van der Waals surface area (Å²) in [4.78, 5) is 37.9. The van der Waals surface area contributed by atoms with E-state index in [9.17, 15) is 31.9 Å². The van der Waals surface area contributed by atoms with Gasteiger partial charge in [-0.25, -0.2) is 4.39 Å². The van der Waals surface area contributed by atoms with Gasteiger partial charge in [0, 0.05) is 35.6 Å². The maximum atomic E-state index is 13.8. The van der Waals surface area contributed by atoms with Crippen LogP contribution in [0.5, 0.6) is 0 Å². The first-order valence-corrected chi connectivity index (χ1v) is 13.8. The molecule has 0 atom stereocenters. The molecule has 4 rings (SSSR count). The number of fused-ring (bicyclic) bond motifs is 1. The number of rotatable bonds is 9. The minimum atomic E-state index is -4.64. The number of nitrogens with one attached hydrogen (secondary N) is 3. The predicted molar refractivity (Wildman–Crippen MR) is 157 cm³/mol. The molecule has 13 heteroatoms. The second kappa shape index (κ2) is 13.0. The van der Waals surface area contributed by atoms with Crippen molar-refractivity contribution < 1.29 is 31.9 Å². The van der Waals surface area contributed by atoms with Crippen LogP contribution in [0.15, 0.2) is 60.7 Å². The van der Waals surface area contributed by atoms with Crippen LogP contribution < -0.4 is 16.0 Å². The minimum absolute atomic E-state index is 0.103. The topological polar surface area (TPSA) is 92.2 Å². The molecule has 3 N–H and O–H groups in total. The molecule has 1 aromatic heterocycles. The van der Waals surface area contributed by atoms with Crippen LogP contribution in [0.3, 0.4) is 0 Å². The molecule has 1 heterocycles. The Morgan fingerprint density at radius 3 is 2.14 bits per heavy atom. The number of hydrogen-bond acceptors (Lipinski definition) is 3. The highest BCUT2D eigenvalue weighted by Crippen LogP contribution is 2.29. The summed E-state index contributed by atoms with van der Waals surface area (Å²) in [5, 5.41) is 8.26. The highest BCUT2D eigenvalue weighted by Gasteiger charge is 2.31. The van der Waals surface area contributed by atoms with Crippen LogP contribution in [0.1, 0.15) is 45.8 Å². The molecule has 0 bridgehead atoms. The molecule has 3 amide bonds. The monoisotopic (exact) mass is 636 g/mol. The number of carbonyl (C=O) groups excluding carboxylic acids is 3. The van der Waals surface area contributed by atoms with Crippen LogP contribution in [0, 0.1) is 11.7 Å². The van der Waals surface area contributed by atoms with Gasteiger partial charge in [-0.15, -0.1) is 0 Å². The average molecular weight is 637 g/mol. The van der Waals surface area contributed by atoms with Crippen molar-refractivity contribution in [1.29, 1.82) is 0 Å². The fraction of sp³-hybridized carbons (Fsp3) is 0.233. The van der Waals surface area contributed by atoms with Gasteiger partial charge in [-0.3, -0.25) is 14.4 Å². The maximum absolute atomic E-state index is 13.8. The van der Waals surface area contributed by atoms with E-state index in [-0.39, 0.29) is 62.8 Å². The van der Waals surface area contributed by atoms with E-state index in [1.165, 1.54) is 48.5 Å². The first kappa shape index (κ1) is 31.8. The van der Waals surface area contributed by atoms with E-state index in [2.05, 4.69) is 16.0 Å². The molecule has 0 saturated carbocycles. The molecule has 0 fully saturated rings. The highest BCUT2D eigenvalue weighted by molar-refractivity contribution is 6.34. The zero-order valence-electron chi connectivity index (χ0n) is 22.9. The molecule has 0 aliphatic rings. The van der Waals surface area contributed by atoms with E-state index >= 15 is 0 Å². The zero-order chi connectivity index (χ0) is 31.5. The van der Waals surface area contributed by atoms with Gasteiger partial charge < -0.3 is 20.5 Å². The first-order valence-electron chi connectivity index (χ1n) is 13.0. The van der Waals surface area contributed by atoms with Crippen molar-refractivity contribution in [3.05, 3.63) is 98.9 Å². The Kier molecular flexibility index (Phi) is 9.66. The number of aromatic nitrogens is 1. The smallest absolute Gasteiger partial charge is 0.352 e. The van der Waals surface area contributed by atoms with Crippen molar-refractivity contribution in [2.45, 2.75) is 39.7 Å². The molecular weight excluding hydrogens is 611 g/mol. The lowest BCUT2D eigenvalue weighted by Gasteiger charge is -2.14. The molecule has 0 spiro atoms. The van der Waals surface area contributed by atoms with Gasteiger partial charge in [-0.2, -0.15) is 13.2 Å². The maximum Gasteiger partial charge on any atom is 0.406 e. The average Bonchev–Trinajstić information content (AvgIpc) is 3.28. The van der Waals surface area contributed by atoms with Crippen molar-refractivity contribution in [2.75, 3.05) is 5.32 Å². The zero-order valence-corrected chi connectivity index (χ0v) is 24.4. The van der Waals surface area contributed by atoms with E-state index in [1.54, 1.807) is 19.9 Å². The third-order valence-electron chi connectivity index (χ3n) is 6.43. The van der Waals surface area contributed by atoms with E-state index < -0.39 is 30.4 Å². The second-order valence-electron chi connectivity index (χ2n) is 10.1. The third kappa shape index (κ3) is 8.05. The largest absolute Gasteiger partial charge is 0.406 e. The van der Waals surface area contributed by atoms with E-state index in [4.69, 9.17) is 23.2 Å². The quantitative estimate of drug-likeness (QED) is 0.171. The van der Waals surface area contributed by atoms with Crippen LogP contribution >= 0.6 is 23.2 Å².